The molecule has 3 rings (SSSR count). The number of nitrogens with one attached hydrogen (secondary N) is 1. The van der Waals surface area contributed by atoms with Gasteiger partial charge in [-0.2, -0.15) is 4.31 Å². The number of aryl methyl sites for hydroxylation is 1. The number of thiazole rings is 1. The molecule has 1 fully saturated rings. The van der Waals surface area contributed by atoms with Crippen LogP contribution in [0.4, 0.5) is 0 Å². The van der Waals surface area contributed by atoms with Gasteiger partial charge in [-0.1, -0.05) is 19.1 Å². The van der Waals surface area contributed by atoms with Gasteiger partial charge in [0.2, 0.25) is 15.9 Å². The molecule has 2 heterocycles. The van der Waals surface area contributed by atoms with Crippen molar-refractivity contribution in [2.75, 3.05) is 13.1 Å². The van der Waals surface area contributed by atoms with Gasteiger partial charge in [-0.25, -0.2) is 13.4 Å². The minimum absolute atomic E-state index is 0.0740. The first-order valence-electron chi connectivity index (χ1n) is 9.18. The van der Waals surface area contributed by atoms with Crippen LogP contribution in [0.25, 0.3) is 0 Å². The number of nitrogens with zero attached hydrogens (tertiary/aromatic N) is 2. The molecule has 1 aromatic carbocycles. The maximum atomic E-state index is 12.9. The first-order chi connectivity index (χ1) is 12.9. The van der Waals surface area contributed by atoms with Crippen molar-refractivity contribution in [1.82, 2.24) is 14.6 Å². The summed E-state index contributed by atoms with van der Waals surface area (Å²) in [4.78, 5) is 16.0. The molecule has 1 saturated heterocycles. The molecule has 2 aromatic rings. The Morgan fingerprint density at radius 3 is 2.52 bits per heavy atom. The summed E-state index contributed by atoms with van der Waals surface area (Å²) in [5, 5.41) is 5.74. The Morgan fingerprint density at radius 2 is 1.93 bits per heavy atom. The number of amides is 1. The molecule has 1 aromatic heterocycles. The summed E-state index contributed by atoms with van der Waals surface area (Å²) >= 11 is 1.59. The second-order valence-corrected chi connectivity index (χ2v) is 9.59. The van der Waals surface area contributed by atoms with E-state index in [0.29, 0.717) is 24.5 Å². The number of benzene rings is 1. The average molecular weight is 408 g/mol. The van der Waals surface area contributed by atoms with Crippen LogP contribution >= 0.6 is 11.3 Å². The predicted molar refractivity (Wildman–Crippen MR) is 106 cm³/mol. The van der Waals surface area contributed by atoms with E-state index in [4.69, 9.17) is 0 Å². The topological polar surface area (TPSA) is 79.4 Å². The lowest BCUT2D eigenvalue weighted by Gasteiger charge is -2.30. The van der Waals surface area contributed by atoms with Crippen molar-refractivity contribution in [2.45, 2.75) is 50.5 Å². The molecule has 0 aliphatic carbocycles. The van der Waals surface area contributed by atoms with Crippen LogP contribution in [0.1, 0.15) is 48.9 Å². The highest BCUT2D eigenvalue weighted by atomic mass is 32.2. The molecule has 0 bridgehead atoms. The van der Waals surface area contributed by atoms with Crippen molar-refractivity contribution < 1.29 is 13.2 Å². The Balaban J connectivity index is 1.61. The minimum Gasteiger partial charge on any atom is -0.351 e. The zero-order valence-corrected chi connectivity index (χ0v) is 17.3. The normalized spacial score (nSPS) is 16.4. The van der Waals surface area contributed by atoms with Gasteiger partial charge < -0.3 is 5.32 Å². The number of piperidine rings is 1. The van der Waals surface area contributed by atoms with E-state index in [1.54, 1.807) is 27.8 Å². The van der Waals surface area contributed by atoms with E-state index in [0.717, 1.165) is 35.5 Å². The van der Waals surface area contributed by atoms with Crippen LogP contribution in [-0.4, -0.2) is 36.7 Å². The number of hydrogen-bond acceptors (Lipinski definition) is 5. The SMILES string of the molecule is CCc1ccc(S(=O)(=O)N2CCC(c3nc(CNC(C)=O)cs3)CC2)cc1. The van der Waals surface area contributed by atoms with E-state index in [1.807, 2.05) is 17.5 Å². The molecule has 1 N–H and O–H groups in total. The summed E-state index contributed by atoms with van der Waals surface area (Å²) in [6.45, 7) is 4.98. The average Bonchev–Trinajstić information content (AvgIpc) is 3.15. The maximum absolute atomic E-state index is 12.9. The van der Waals surface area contributed by atoms with E-state index in [1.165, 1.54) is 6.92 Å². The Bertz CT molecular complexity index is 883. The molecule has 27 heavy (non-hydrogen) atoms. The van der Waals surface area contributed by atoms with Crippen molar-refractivity contribution in [2.24, 2.45) is 0 Å². The Hall–Kier alpha value is -1.77. The van der Waals surface area contributed by atoms with Crippen LogP contribution in [0, 0.1) is 0 Å². The molecular weight excluding hydrogens is 382 g/mol. The van der Waals surface area contributed by atoms with Crippen molar-refractivity contribution in [3.05, 3.63) is 45.9 Å². The molecule has 1 aliphatic heterocycles. The zero-order valence-electron chi connectivity index (χ0n) is 15.6. The van der Waals surface area contributed by atoms with Crippen molar-refractivity contribution in [1.29, 1.82) is 0 Å². The van der Waals surface area contributed by atoms with Crippen LogP contribution in [0.2, 0.25) is 0 Å². The highest BCUT2D eigenvalue weighted by Crippen LogP contribution is 2.32. The van der Waals surface area contributed by atoms with Gasteiger partial charge in [-0.15, -0.1) is 11.3 Å². The third kappa shape index (κ3) is 4.75. The van der Waals surface area contributed by atoms with Crippen LogP contribution in [0.15, 0.2) is 34.5 Å². The highest BCUT2D eigenvalue weighted by Gasteiger charge is 2.31. The second kappa shape index (κ2) is 8.50. The Kier molecular flexibility index (Phi) is 6.29. The maximum Gasteiger partial charge on any atom is 0.243 e. The number of hydrogen-bond donors (Lipinski definition) is 1. The fourth-order valence-electron chi connectivity index (χ4n) is 3.20. The number of rotatable bonds is 6. The van der Waals surface area contributed by atoms with Crippen LogP contribution in [-0.2, 0) is 27.8 Å². The number of carbonyl (C=O) groups is 1. The van der Waals surface area contributed by atoms with E-state index in [2.05, 4.69) is 17.2 Å². The van der Waals surface area contributed by atoms with Gasteiger partial charge in [0, 0.05) is 31.3 Å². The molecule has 0 atom stereocenters. The molecule has 0 radical (unpaired) electrons. The lowest BCUT2D eigenvalue weighted by atomic mass is 9.99. The zero-order chi connectivity index (χ0) is 19.4. The smallest absolute Gasteiger partial charge is 0.243 e. The molecule has 1 amide bonds. The van der Waals surface area contributed by atoms with Gasteiger partial charge in [0.05, 0.1) is 22.1 Å². The standard InChI is InChI=1S/C19H25N3O3S2/c1-3-15-4-6-18(7-5-15)27(24,25)22-10-8-16(9-11-22)19-21-17(13-26-19)12-20-14(2)23/h4-7,13,16H,3,8-12H2,1-2H3,(H,20,23). The van der Waals surface area contributed by atoms with E-state index < -0.39 is 10.0 Å². The van der Waals surface area contributed by atoms with E-state index >= 15 is 0 Å². The largest absolute Gasteiger partial charge is 0.351 e. The molecule has 1 aliphatic rings. The number of sulfonamides is 1. The summed E-state index contributed by atoms with van der Waals surface area (Å²) in [5.41, 5.74) is 1.99. The first kappa shape index (κ1) is 20.0. The quantitative estimate of drug-likeness (QED) is 0.798. The third-order valence-electron chi connectivity index (χ3n) is 4.86. The van der Waals surface area contributed by atoms with Crippen LogP contribution in [0.3, 0.4) is 0 Å². The van der Waals surface area contributed by atoms with E-state index in [-0.39, 0.29) is 11.8 Å². The van der Waals surface area contributed by atoms with Crippen molar-refractivity contribution >= 4 is 27.3 Å². The molecule has 0 unspecified atom stereocenters. The fraction of sp³-hybridized carbons (Fsp3) is 0.474. The third-order valence-corrected chi connectivity index (χ3v) is 7.83. The minimum atomic E-state index is -3.44. The number of carbonyl (C=O) groups excluding carboxylic acids is 1. The lowest BCUT2D eigenvalue weighted by molar-refractivity contribution is -0.119. The first-order valence-corrected chi connectivity index (χ1v) is 11.5. The second-order valence-electron chi connectivity index (χ2n) is 6.76. The number of aromatic nitrogens is 1. The predicted octanol–water partition coefficient (Wildman–Crippen LogP) is 2.91. The Labute approximate surface area is 164 Å². The van der Waals surface area contributed by atoms with Crippen molar-refractivity contribution in [3.63, 3.8) is 0 Å². The van der Waals surface area contributed by atoms with Gasteiger partial charge in [0.1, 0.15) is 0 Å². The fourth-order valence-corrected chi connectivity index (χ4v) is 5.66. The van der Waals surface area contributed by atoms with Gasteiger partial charge in [0.15, 0.2) is 0 Å². The van der Waals surface area contributed by atoms with Gasteiger partial charge in [-0.05, 0) is 37.0 Å². The molecular formula is C19H25N3O3S2. The van der Waals surface area contributed by atoms with Crippen LogP contribution < -0.4 is 5.32 Å². The summed E-state index contributed by atoms with van der Waals surface area (Å²) < 4.78 is 27.3. The lowest BCUT2D eigenvalue weighted by Crippen LogP contribution is -2.37. The van der Waals surface area contributed by atoms with Crippen molar-refractivity contribution in [3.8, 4) is 0 Å². The summed E-state index contributed by atoms with van der Waals surface area (Å²) in [7, 11) is -3.44. The highest BCUT2D eigenvalue weighted by molar-refractivity contribution is 7.89. The Morgan fingerprint density at radius 1 is 1.26 bits per heavy atom. The van der Waals surface area contributed by atoms with Crippen LogP contribution in [0.5, 0.6) is 0 Å². The summed E-state index contributed by atoms with van der Waals surface area (Å²) in [6.07, 6.45) is 2.42. The summed E-state index contributed by atoms with van der Waals surface area (Å²) in [5.74, 6) is 0.199. The molecule has 0 saturated carbocycles. The molecule has 146 valence electrons. The molecule has 6 nitrogen and oxygen atoms in total. The molecule has 0 spiro atoms. The van der Waals surface area contributed by atoms with Gasteiger partial charge >= 0.3 is 0 Å². The monoisotopic (exact) mass is 407 g/mol. The van der Waals surface area contributed by atoms with E-state index in [9.17, 15) is 13.2 Å². The van der Waals surface area contributed by atoms with Gasteiger partial charge in [-0.3, -0.25) is 4.79 Å². The summed E-state index contributed by atoms with van der Waals surface area (Å²) in [6, 6.07) is 7.17. The molecule has 8 heteroatoms. The van der Waals surface area contributed by atoms with Gasteiger partial charge in [0.25, 0.3) is 0 Å².